The van der Waals surface area contributed by atoms with Gasteiger partial charge in [0.1, 0.15) is 17.1 Å². The monoisotopic (exact) mass is 286 g/mol. The number of aliphatic carboxylic acids is 1. The maximum Gasteiger partial charge on any atom is 0.329 e. The molecule has 0 bridgehead atoms. The molecule has 1 aromatic heterocycles. The number of benzene rings is 1. The minimum Gasteiger partial charge on any atom is -0.497 e. The third-order valence-electron chi connectivity index (χ3n) is 4.31. The quantitative estimate of drug-likeness (QED) is 0.940. The topological polar surface area (TPSA) is 62.7 Å². The normalized spacial score (nSPS) is 21.7. The molecule has 2 heterocycles. The lowest BCUT2D eigenvalue weighted by Gasteiger charge is -2.32. The Labute approximate surface area is 123 Å². The minimum absolute atomic E-state index is 0.629. The maximum atomic E-state index is 11.7. The number of carboxylic acids is 1. The number of anilines is 1. The van der Waals surface area contributed by atoms with Crippen LogP contribution in [0.1, 0.15) is 19.8 Å². The first kappa shape index (κ1) is 13.7. The van der Waals surface area contributed by atoms with Gasteiger partial charge in [0.25, 0.3) is 0 Å². The van der Waals surface area contributed by atoms with Crippen molar-refractivity contribution in [3.63, 3.8) is 0 Å². The SMILES string of the molecule is COc1ccc2ccnc(N3CCCC3(C)C(=O)O)c2c1. The molecule has 5 nitrogen and oxygen atoms in total. The number of rotatable bonds is 3. The summed E-state index contributed by atoms with van der Waals surface area (Å²) in [5, 5.41) is 11.5. The first-order chi connectivity index (χ1) is 10.1. The molecule has 1 saturated heterocycles. The lowest BCUT2D eigenvalue weighted by molar-refractivity contribution is -0.142. The third-order valence-corrected chi connectivity index (χ3v) is 4.31. The average Bonchev–Trinajstić information content (AvgIpc) is 2.89. The summed E-state index contributed by atoms with van der Waals surface area (Å²) in [5.74, 6) is 0.656. The van der Waals surface area contributed by atoms with Crippen molar-refractivity contribution in [1.29, 1.82) is 0 Å². The van der Waals surface area contributed by atoms with Crippen LogP contribution >= 0.6 is 0 Å². The van der Waals surface area contributed by atoms with Gasteiger partial charge in [-0.3, -0.25) is 0 Å². The van der Waals surface area contributed by atoms with Crippen LogP contribution in [0.3, 0.4) is 0 Å². The van der Waals surface area contributed by atoms with Crippen LogP contribution in [0.15, 0.2) is 30.5 Å². The molecule has 110 valence electrons. The van der Waals surface area contributed by atoms with Crippen molar-refractivity contribution in [3.05, 3.63) is 30.5 Å². The summed E-state index contributed by atoms with van der Waals surface area (Å²) >= 11 is 0. The van der Waals surface area contributed by atoms with E-state index >= 15 is 0 Å². The summed E-state index contributed by atoms with van der Waals surface area (Å²) in [6, 6.07) is 7.70. The zero-order valence-electron chi connectivity index (χ0n) is 12.2. The van der Waals surface area contributed by atoms with E-state index in [1.54, 1.807) is 20.2 Å². The molecule has 1 unspecified atom stereocenters. The summed E-state index contributed by atoms with van der Waals surface area (Å²) in [6.07, 6.45) is 3.21. The zero-order chi connectivity index (χ0) is 15.0. The third kappa shape index (κ3) is 2.09. The molecule has 0 saturated carbocycles. The molecular weight excluding hydrogens is 268 g/mol. The number of carboxylic acid groups (broad SMARTS) is 1. The summed E-state index contributed by atoms with van der Waals surface area (Å²) in [7, 11) is 1.62. The largest absolute Gasteiger partial charge is 0.497 e. The summed E-state index contributed by atoms with van der Waals surface area (Å²) in [4.78, 5) is 18.0. The van der Waals surface area contributed by atoms with Crippen molar-refractivity contribution < 1.29 is 14.6 Å². The molecule has 0 radical (unpaired) electrons. The van der Waals surface area contributed by atoms with Crippen LogP contribution in [0, 0.1) is 0 Å². The Morgan fingerprint density at radius 3 is 2.95 bits per heavy atom. The number of nitrogens with zero attached hydrogens (tertiary/aromatic N) is 2. The molecule has 1 aromatic carbocycles. The molecule has 1 aliphatic rings. The number of methoxy groups -OCH3 is 1. The fourth-order valence-corrected chi connectivity index (χ4v) is 3.00. The Morgan fingerprint density at radius 1 is 1.43 bits per heavy atom. The number of hydrogen-bond donors (Lipinski definition) is 1. The van der Waals surface area contributed by atoms with Crippen LogP contribution < -0.4 is 9.64 Å². The van der Waals surface area contributed by atoms with Crippen molar-refractivity contribution in [2.75, 3.05) is 18.6 Å². The fraction of sp³-hybridized carbons (Fsp3) is 0.375. The van der Waals surface area contributed by atoms with E-state index in [2.05, 4.69) is 4.98 Å². The average molecular weight is 286 g/mol. The van der Waals surface area contributed by atoms with Crippen LogP contribution in [0.2, 0.25) is 0 Å². The van der Waals surface area contributed by atoms with Gasteiger partial charge < -0.3 is 14.7 Å². The molecule has 1 aliphatic heterocycles. The number of hydrogen-bond acceptors (Lipinski definition) is 4. The molecule has 3 rings (SSSR count). The van der Waals surface area contributed by atoms with Gasteiger partial charge in [-0.2, -0.15) is 0 Å². The predicted molar refractivity (Wildman–Crippen MR) is 80.9 cm³/mol. The number of carbonyl (C=O) groups is 1. The Morgan fingerprint density at radius 2 is 2.24 bits per heavy atom. The lowest BCUT2D eigenvalue weighted by Crippen LogP contribution is -2.48. The van der Waals surface area contributed by atoms with Crippen molar-refractivity contribution in [2.24, 2.45) is 0 Å². The molecule has 0 spiro atoms. The van der Waals surface area contributed by atoms with E-state index in [-0.39, 0.29) is 0 Å². The molecule has 5 heteroatoms. The van der Waals surface area contributed by atoms with Gasteiger partial charge in [-0.25, -0.2) is 9.78 Å². The highest BCUT2D eigenvalue weighted by Gasteiger charge is 2.44. The van der Waals surface area contributed by atoms with Gasteiger partial charge in [0, 0.05) is 18.1 Å². The number of aromatic nitrogens is 1. The molecule has 0 amide bonds. The van der Waals surface area contributed by atoms with Crippen LogP contribution in [0.25, 0.3) is 10.8 Å². The van der Waals surface area contributed by atoms with Crippen LogP contribution in [-0.4, -0.2) is 35.3 Å². The van der Waals surface area contributed by atoms with Gasteiger partial charge in [0.05, 0.1) is 7.11 Å². The molecule has 1 atom stereocenters. The van der Waals surface area contributed by atoms with Crippen LogP contribution in [-0.2, 0) is 4.79 Å². The molecule has 0 aliphatic carbocycles. The van der Waals surface area contributed by atoms with Crippen molar-refractivity contribution >= 4 is 22.6 Å². The molecular formula is C16H18N2O3. The number of ether oxygens (including phenoxy) is 1. The Hall–Kier alpha value is -2.30. The second-order valence-electron chi connectivity index (χ2n) is 5.56. The van der Waals surface area contributed by atoms with E-state index in [0.29, 0.717) is 18.8 Å². The van der Waals surface area contributed by atoms with E-state index in [0.717, 1.165) is 22.9 Å². The predicted octanol–water partition coefficient (Wildman–Crippen LogP) is 2.69. The van der Waals surface area contributed by atoms with Gasteiger partial charge in [-0.1, -0.05) is 6.07 Å². The maximum absolute atomic E-state index is 11.7. The lowest BCUT2D eigenvalue weighted by atomic mass is 9.99. The van der Waals surface area contributed by atoms with Crippen molar-refractivity contribution in [2.45, 2.75) is 25.3 Å². The van der Waals surface area contributed by atoms with Gasteiger partial charge in [-0.15, -0.1) is 0 Å². The van der Waals surface area contributed by atoms with E-state index in [1.165, 1.54) is 0 Å². The highest BCUT2D eigenvalue weighted by molar-refractivity contribution is 5.96. The molecule has 1 fully saturated rings. The Kier molecular flexibility index (Phi) is 3.20. The van der Waals surface area contributed by atoms with E-state index in [4.69, 9.17) is 4.74 Å². The smallest absolute Gasteiger partial charge is 0.329 e. The second kappa shape index (κ2) is 4.91. The van der Waals surface area contributed by atoms with Crippen LogP contribution in [0.4, 0.5) is 5.82 Å². The highest BCUT2D eigenvalue weighted by Crippen LogP contribution is 2.37. The molecule has 1 N–H and O–H groups in total. The van der Waals surface area contributed by atoms with Gasteiger partial charge >= 0.3 is 5.97 Å². The Balaban J connectivity index is 2.18. The van der Waals surface area contributed by atoms with E-state index < -0.39 is 11.5 Å². The van der Waals surface area contributed by atoms with Gasteiger partial charge in [0.2, 0.25) is 0 Å². The second-order valence-corrected chi connectivity index (χ2v) is 5.56. The minimum atomic E-state index is -0.898. The summed E-state index contributed by atoms with van der Waals surface area (Å²) < 4.78 is 5.28. The standard InChI is InChI=1S/C16H18N2O3/c1-16(15(19)20)7-3-9-18(16)14-13-10-12(21-2)5-4-11(13)6-8-17-14/h4-6,8,10H,3,7,9H2,1-2H3,(H,19,20). The first-order valence-corrected chi connectivity index (χ1v) is 7.00. The van der Waals surface area contributed by atoms with E-state index in [9.17, 15) is 9.90 Å². The first-order valence-electron chi connectivity index (χ1n) is 7.00. The summed E-state index contributed by atoms with van der Waals surface area (Å²) in [5.41, 5.74) is -0.898. The van der Waals surface area contributed by atoms with Crippen molar-refractivity contribution in [3.8, 4) is 5.75 Å². The molecule has 21 heavy (non-hydrogen) atoms. The van der Waals surface area contributed by atoms with Gasteiger partial charge in [0.15, 0.2) is 0 Å². The fourth-order valence-electron chi connectivity index (χ4n) is 3.00. The van der Waals surface area contributed by atoms with Crippen molar-refractivity contribution in [1.82, 2.24) is 4.98 Å². The van der Waals surface area contributed by atoms with Gasteiger partial charge in [-0.05, 0) is 43.4 Å². The number of pyridine rings is 1. The summed E-state index contributed by atoms with van der Waals surface area (Å²) in [6.45, 7) is 2.47. The number of fused-ring (bicyclic) bond motifs is 1. The van der Waals surface area contributed by atoms with E-state index in [1.807, 2.05) is 29.2 Å². The highest BCUT2D eigenvalue weighted by atomic mass is 16.5. The zero-order valence-corrected chi connectivity index (χ0v) is 12.2. The Bertz CT molecular complexity index is 701. The van der Waals surface area contributed by atoms with Crippen LogP contribution in [0.5, 0.6) is 5.75 Å². The molecule has 2 aromatic rings.